The molecule has 2 rings (SSSR count). The minimum atomic E-state index is 0. The molecule has 0 aromatic carbocycles. The largest absolute Gasteiger partial charge is 0.314 e. The Hall–Kier alpha value is 0.500. The van der Waals surface area contributed by atoms with Crippen LogP contribution >= 0.6 is 24.8 Å². The fourth-order valence-corrected chi connectivity index (χ4v) is 1.34. The maximum absolute atomic E-state index is 3.28. The van der Waals surface area contributed by atoms with Crippen LogP contribution in [0.1, 0.15) is 12.8 Å². The highest BCUT2D eigenvalue weighted by molar-refractivity contribution is 5.85. The predicted octanol–water partition coefficient (Wildman–Crippen LogP) is 0.896. The van der Waals surface area contributed by atoms with Gasteiger partial charge in [-0.1, -0.05) is 0 Å². The molecule has 1 saturated carbocycles. The minimum Gasteiger partial charge on any atom is -0.314 e. The summed E-state index contributed by atoms with van der Waals surface area (Å²) >= 11 is 0. The zero-order valence-corrected chi connectivity index (χ0v) is 8.38. The quantitative estimate of drug-likeness (QED) is 0.710. The molecule has 0 radical (unpaired) electrons. The van der Waals surface area contributed by atoms with Crippen LogP contribution in [-0.2, 0) is 0 Å². The van der Waals surface area contributed by atoms with Crippen molar-refractivity contribution in [2.75, 3.05) is 20.1 Å². The van der Waals surface area contributed by atoms with Crippen molar-refractivity contribution in [3.63, 3.8) is 0 Å². The van der Waals surface area contributed by atoms with Gasteiger partial charge in [0.05, 0.1) is 0 Å². The van der Waals surface area contributed by atoms with Crippen molar-refractivity contribution < 1.29 is 0 Å². The summed E-state index contributed by atoms with van der Waals surface area (Å²) < 4.78 is 0. The average molecular weight is 199 g/mol. The zero-order chi connectivity index (χ0) is 6.27. The van der Waals surface area contributed by atoms with Crippen LogP contribution in [0.4, 0.5) is 0 Å². The van der Waals surface area contributed by atoms with Crippen LogP contribution in [0.15, 0.2) is 0 Å². The number of likely N-dealkylation sites (N-methyl/N-ethyl adjacent to an activating group) is 1. The summed E-state index contributed by atoms with van der Waals surface area (Å²) in [5, 5.41) is 3.28. The Bertz CT molecular complexity index is 113. The summed E-state index contributed by atoms with van der Waals surface area (Å²) in [7, 11) is 2.25. The van der Waals surface area contributed by atoms with E-state index >= 15 is 0 Å². The SMILES string of the molecule is CN(C1CC1)C1CNC1.Cl.Cl. The molecule has 1 heterocycles. The topological polar surface area (TPSA) is 15.3 Å². The molecule has 0 amide bonds. The van der Waals surface area contributed by atoms with Crippen molar-refractivity contribution in [3.05, 3.63) is 0 Å². The first kappa shape index (κ1) is 11.5. The first-order chi connectivity index (χ1) is 4.38. The molecule has 11 heavy (non-hydrogen) atoms. The molecule has 1 N–H and O–H groups in total. The Morgan fingerprint density at radius 3 is 1.91 bits per heavy atom. The van der Waals surface area contributed by atoms with E-state index in [0.29, 0.717) is 0 Å². The van der Waals surface area contributed by atoms with Gasteiger partial charge in [-0.25, -0.2) is 0 Å². The zero-order valence-electron chi connectivity index (χ0n) is 6.75. The number of rotatable bonds is 2. The Morgan fingerprint density at radius 2 is 1.64 bits per heavy atom. The van der Waals surface area contributed by atoms with Crippen molar-refractivity contribution in [1.82, 2.24) is 10.2 Å². The molecule has 1 saturated heterocycles. The summed E-state index contributed by atoms with van der Waals surface area (Å²) in [6, 6.07) is 1.80. The third-order valence-corrected chi connectivity index (χ3v) is 2.46. The van der Waals surface area contributed by atoms with Gasteiger partial charge >= 0.3 is 0 Å². The highest BCUT2D eigenvalue weighted by Crippen LogP contribution is 2.27. The first-order valence-corrected chi connectivity index (χ1v) is 3.80. The van der Waals surface area contributed by atoms with Gasteiger partial charge in [0, 0.05) is 25.2 Å². The van der Waals surface area contributed by atoms with Crippen LogP contribution in [0.5, 0.6) is 0 Å². The summed E-state index contributed by atoms with van der Waals surface area (Å²) in [5.74, 6) is 0. The van der Waals surface area contributed by atoms with Gasteiger partial charge < -0.3 is 5.32 Å². The summed E-state index contributed by atoms with van der Waals surface area (Å²) in [4.78, 5) is 2.52. The van der Waals surface area contributed by atoms with Crippen molar-refractivity contribution in [2.24, 2.45) is 0 Å². The highest BCUT2D eigenvalue weighted by Gasteiger charge is 2.33. The number of nitrogens with zero attached hydrogens (tertiary/aromatic N) is 1. The lowest BCUT2D eigenvalue weighted by Crippen LogP contribution is -2.56. The fourth-order valence-electron chi connectivity index (χ4n) is 1.34. The number of hydrogen-bond donors (Lipinski definition) is 1. The minimum absolute atomic E-state index is 0. The van der Waals surface area contributed by atoms with Crippen molar-refractivity contribution in [3.8, 4) is 0 Å². The lowest BCUT2D eigenvalue weighted by Gasteiger charge is -2.35. The molecule has 2 aliphatic rings. The van der Waals surface area contributed by atoms with Gasteiger partial charge in [0.1, 0.15) is 0 Å². The van der Waals surface area contributed by atoms with Crippen LogP contribution in [0.2, 0.25) is 0 Å². The standard InChI is InChI=1S/C7H14N2.2ClH/c1-9(6-2-3-6)7-4-8-5-7;;/h6-8H,2-5H2,1H3;2*1H. The van der Waals surface area contributed by atoms with Crippen LogP contribution in [0, 0.1) is 0 Å². The van der Waals surface area contributed by atoms with E-state index in [2.05, 4.69) is 17.3 Å². The second kappa shape index (κ2) is 4.51. The van der Waals surface area contributed by atoms with Gasteiger partial charge in [-0.2, -0.15) is 0 Å². The first-order valence-electron chi connectivity index (χ1n) is 3.80. The smallest absolute Gasteiger partial charge is 0.0345 e. The molecule has 0 atom stereocenters. The molecular weight excluding hydrogens is 183 g/mol. The third-order valence-electron chi connectivity index (χ3n) is 2.46. The second-order valence-electron chi connectivity index (χ2n) is 3.21. The van der Waals surface area contributed by atoms with Crippen molar-refractivity contribution in [1.29, 1.82) is 0 Å². The molecule has 0 bridgehead atoms. The van der Waals surface area contributed by atoms with E-state index in [4.69, 9.17) is 0 Å². The molecule has 0 aromatic heterocycles. The van der Waals surface area contributed by atoms with Gasteiger partial charge in [-0.15, -0.1) is 24.8 Å². The van der Waals surface area contributed by atoms with Gasteiger partial charge in [-0.05, 0) is 19.9 Å². The normalized spacial score (nSPS) is 23.5. The van der Waals surface area contributed by atoms with E-state index in [1.807, 2.05) is 0 Å². The Balaban J connectivity index is 0.000000500. The van der Waals surface area contributed by atoms with E-state index in [-0.39, 0.29) is 24.8 Å². The lowest BCUT2D eigenvalue weighted by atomic mass is 10.1. The van der Waals surface area contributed by atoms with Gasteiger partial charge in [-0.3, -0.25) is 4.90 Å². The van der Waals surface area contributed by atoms with Gasteiger partial charge in [0.15, 0.2) is 0 Å². The molecule has 1 aliphatic carbocycles. The molecule has 2 nitrogen and oxygen atoms in total. The van der Waals surface area contributed by atoms with Crippen molar-refractivity contribution in [2.45, 2.75) is 24.9 Å². The third kappa shape index (κ3) is 2.48. The Morgan fingerprint density at radius 1 is 1.09 bits per heavy atom. The van der Waals surface area contributed by atoms with Gasteiger partial charge in [0.2, 0.25) is 0 Å². The molecule has 68 valence electrons. The number of hydrogen-bond acceptors (Lipinski definition) is 2. The molecule has 4 heteroatoms. The van der Waals surface area contributed by atoms with E-state index in [0.717, 1.165) is 12.1 Å². The Kier molecular flexibility index (Phi) is 4.71. The summed E-state index contributed by atoms with van der Waals surface area (Å²) in [6.45, 7) is 2.43. The summed E-state index contributed by atoms with van der Waals surface area (Å²) in [5.41, 5.74) is 0. The number of nitrogens with one attached hydrogen (secondary N) is 1. The van der Waals surface area contributed by atoms with Crippen molar-refractivity contribution >= 4 is 24.8 Å². The average Bonchev–Trinajstić information content (AvgIpc) is 2.37. The van der Waals surface area contributed by atoms with E-state index in [9.17, 15) is 0 Å². The Labute approximate surface area is 80.5 Å². The van der Waals surface area contributed by atoms with Crippen LogP contribution < -0.4 is 5.32 Å². The number of halogens is 2. The maximum atomic E-state index is 3.28. The van der Waals surface area contributed by atoms with Crippen LogP contribution in [-0.4, -0.2) is 37.1 Å². The molecule has 0 aromatic rings. The molecule has 2 fully saturated rings. The second-order valence-corrected chi connectivity index (χ2v) is 3.21. The highest BCUT2D eigenvalue weighted by atomic mass is 35.5. The summed E-state index contributed by atoms with van der Waals surface area (Å²) in [6.07, 6.45) is 2.88. The van der Waals surface area contributed by atoms with E-state index in [1.165, 1.54) is 25.9 Å². The maximum Gasteiger partial charge on any atom is 0.0345 e. The lowest BCUT2D eigenvalue weighted by molar-refractivity contribution is 0.172. The van der Waals surface area contributed by atoms with E-state index in [1.54, 1.807) is 0 Å². The van der Waals surface area contributed by atoms with E-state index < -0.39 is 0 Å². The molecule has 0 unspecified atom stereocenters. The molecule has 1 aliphatic heterocycles. The van der Waals surface area contributed by atoms with Crippen LogP contribution in [0.3, 0.4) is 0 Å². The monoisotopic (exact) mass is 198 g/mol. The molecule has 0 spiro atoms. The molecular formula is C7H16Cl2N2. The van der Waals surface area contributed by atoms with Crippen LogP contribution in [0.25, 0.3) is 0 Å². The predicted molar refractivity (Wildman–Crippen MR) is 51.9 cm³/mol. The van der Waals surface area contributed by atoms with Gasteiger partial charge in [0.25, 0.3) is 0 Å². The fraction of sp³-hybridized carbons (Fsp3) is 1.00.